The Morgan fingerprint density at radius 3 is 2.56 bits per heavy atom. The molecule has 0 spiro atoms. The van der Waals surface area contributed by atoms with Gasteiger partial charge in [-0.25, -0.2) is 4.99 Å². The molecule has 2 aromatic rings. The molecule has 0 radical (unpaired) electrons. The van der Waals surface area contributed by atoms with Gasteiger partial charge in [0.2, 0.25) is 0 Å². The number of amides is 1. The van der Waals surface area contributed by atoms with Gasteiger partial charge in [-0.3, -0.25) is 9.69 Å². The first-order valence-corrected chi connectivity index (χ1v) is 12.3. The number of carbonyl (C=O) groups is 1. The quantitative estimate of drug-likeness (QED) is 0.483. The maximum atomic E-state index is 13.1. The summed E-state index contributed by atoms with van der Waals surface area (Å²) in [5.41, 5.74) is 4.75. The summed E-state index contributed by atoms with van der Waals surface area (Å²) in [5, 5.41) is 0.744. The number of para-hydroxylation sites is 1. The van der Waals surface area contributed by atoms with Crippen LogP contribution in [0, 0.1) is 0 Å². The number of fused-ring (bicyclic) bond motifs is 1. The number of carbonyl (C=O) groups excluding carboxylic acids is 1. The van der Waals surface area contributed by atoms with Crippen LogP contribution in [-0.2, 0) is 4.79 Å². The van der Waals surface area contributed by atoms with E-state index in [0.717, 1.165) is 27.7 Å². The van der Waals surface area contributed by atoms with Crippen LogP contribution in [0.1, 0.15) is 65.0 Å². The fourth-order valence-electron chi connectivity index (χ4n) is 5.17. The third-order valence-electron chi connectivity index (χ3n) is 6.30. The highest BCUT2D eigenvalue weighted by Gasteiger charge is 2.38. The van der Waals surface area contributed by atoms with Gasteiger partial charge in [0.05, 0.1) is 10.6 Å². The first-order chi connectivity index (χ1) is 15.2. The second kappa shape index (κ2) is 8.78. The van der Waals surface area contributed by atoms with Gasteiger partial charge in [-0.2, -0.15) is 0 Å². The number of hydrogen-bond donors (Lipinski definition) is 0. The van der Waals surface area contributed by atoms with Crippen LogP contribution in [0.15, 0.2) is 58.4 Å². The molecule has 168 valence electrons. The molecule has 32 heavy (non-hydrogen) atoms. The van der Waals surface area contributed by atoms with E-state index in [1.807, 2.05) is 43.3 Å². The molecule has 1 atom stereocenters. The maximum absolute atomic E-state index is 13.1. The highest BCUT2D eigenvalue weighted by atomic mass is 32.2. The van der Waals surface area contributed by atoms with Crippen molar-refractivity contribution in [3.8, 4) is 0 Å². The van der Waals surface area contributed by atoms with E-state index in [2.05, 4.69) is 57.7 Å². The SMILES string of the molecule is CCN1C(=O)/C(=C/c2ccc3c(c2)C(C)CC(C)(C)N3C(C)C)SC1=Nc1ccccc1. The molecule has 4 rings (SSSR count). The van der Waals surface area contributed by atoms with E-state index < -0.39 is 0 Å². The number of rotatable bonds is 4. The average molecular weight is 448 g/mol. The zero-order chi connectivity index (χ0) is 23.0. The summed E-state index contributed by atoms with van der Waals surface area (Å²) in [6, 6.07) is 16.9. The molecule has 0 bridgehead atoms. The zero-order valence-electron chi connectivity index (χ0n) is 19.9. The summed E-state index contributed by atoms with van der Waals surface area (Å²) in [7, 11) is 0. The predicted octanol–water partition coefficient (Wildman–Crippen LogP) is 6.81. The minimum atomic E-state index is 0.0305. The molecule has 0 aromatic heterocycles. The normalized spacial score (nSPS) is 22.8. The van der Waals surface area contributed by atoms with Gasteiger partial charge < -0.3 is 4.90 Å². The van der Waals surface area contributed by atoms with Crippen LogP contribution in [0.3, 0.4) is 0 Å². The number of aliphatic imine (C=N–C) groups is 1. The predicted molar refractivity (Wildman–Crippen MR) is 138 cm³/mol. The summed E-state index contributed by atoms with van der Waals surface area (Å²) >= 11 is 1.46. The molecular weight excluding hydrogens is 414 g/mol. The monoisotopic (exact) mass is 447 g/mol. The number of amidine groups is 1. The molecule has 1 unspecified atom stereocenters. The number of benzene rings is 2. The van der Waals surface area contributed by atoms with Gasteiger partial charge in [0, 0.05) is 23.8 Å². The van der Waals surface area contributed by atoms with E-state index in [0.29, 0.717) is 18.5 Å². The van der Waals surface area contributed by atoms with Crippen molar-refractivity contribution in [3.63, 3.8) is 0 Å². The molecule has 0 saturated carbocycles. The lowest BCUT2D eigenvalue weighted by Gasteiger charge is -2.50. The maximum Gasteiger partial charge on any atom is 0.266 e. The van der Waals surface area contributed by atoms with Crippen LogP contribution in [0.25, 0.3) is 6.08 Å². The second-order valence-corrected chi connectivity index (χ2v) is 10.6. The van der Waals surface area contributed by atoms with E-state index in [1.54, 1.807) is 4.90 Å². The van der Waals surface area contributed by atoms with Crippen LogP contribution in [0.2, 0.25) is 0 Å². The summed E-state index contributed by atoms with van der Waals surface area (Å²) in [4.78, 5) is 22.8. The van der Waals surface area contributed by atoms with Crippen molar-refractivity contribution in [2.24, 2.45) is 4.99 Å². The topological polar surface area (TPSA) is 35.9 Å². The Morgan fingerprint density at radius 1 is 1.19 bits per heavy atom. The van der Waals surface area contributed by atoms with Crippen LogP contribution in [-0.4, -0.2) is 34.1 Å². The third kappa shape index (κ3) is 4.23. The van der Waals surface area contributed by atoms with E-state index in [4.69, 9.17) is 4.99 Å². The summed E-state index contributed by atoms with van der Waals surface area (Å²) in [5.74, 6) is 0.505. The molecule has 1 fully saturated rings. The van der Waals surface area contributed by atoms with Gasteiger partial charge in [-0.1, -0.05) is 31.2 Å². The Bertz CT molecular complexity index is 1070. The molecule has 2 aromatic carbocycles. The Balaban J connectivity index is 1.68. The molecule has 4 nitrogen and oxygen atoms in total. The number of thioether (sulfide) groups is 1. The van der Waals surface area contributed by atoms with Gasteiger partial charge >= 0.3 is 0 Å². The first-order valence-electron chi connectivity index (χ1n) is 11.5. The van der Waals surface area contributed by atoms with Gasteiger partial charge in [0.25, 0.3) is 5.91 Å². The van der Waals surface area contributed by atoms with Crippen molar-refractivity contribution in [1.82, 2.24) is 4.90 Å². The molecule has 0 N–H and O–H groups in total. The fourth-order valence-corrected chi connectivity index (χ4v) is 6.23. The number of nitrogens with zero attached hydrogens (tertiary/aromatic N) is 3. The average Bonchev–Trinajstić information content (AvgIpc) is 3.02. The molecule has 2 heterocycles. The summed E-state index contributed by atoms with van der Waals surface area (Å²) < 4.78 is 0. The third-order valence-corrected chi connectivity index (χ3v) is 7.31. The Labute approximate surface area is 196 Å². The lowest BCUT2D eigenvalue weighted by Crippen LogP contribution is -2.51. The Hall–Kier alpha value is -2.53. The smallest absolute Gasteiger partial charge is 0.266 e. The molecule has 1 amide bonds. The molecule has 5 heteroatoms. The second-order valence-electron chi connectivity index (χ2n) is 9.59. The van der Waals surface area contributed by atoms with E-state index in [9.17, 15) is 4.79 Å². The standard InChI is InChI=1S/C27H33N3OS/c1-7-29-25(31)24(32-26(29)28-21-11-9-8-10-12-21)16-20-13-14-23-22(15-20)19(4)17-27(5,6)30(23)18(2)3/h8-16,18-19H,7,17H2,1-6H3/b24-16-,28-26?. The Morgan fingerprint density at radius 2 is 1.91 bits per heavy atom. The van der Waals surface area contributed by atoms with E-state index in [-0.39, 0.29) is 11.4 Å². The minimum absolute atomic E-state index is 0.0305. The number of anilines is 1. The summed E-state index contributed by atoms with van der Waals surface area (Å²) in [6.07, 6.45) is 3.14. The fraction of sp³-hybridized carbons (Fsp3) is 0.407. The van der Waals surface area contributed by atoms with Crippen molar-refractivity contribution < 1.29 is 4.79 Å². The van der Waals surface area contributed by atoms with Crippen molar-refractivity contribution in [2.45, 2.75) is 65.5 Å². The van der Waals surface area contributed by atoms with Crippen molar-refractivity contribution in [1.29, 1.82) is 0 Å². The highest BCUT2D eigenvalue weighted by molar-refractivity contribution is 8.18. The van der Waals surface area contributed by atoms with E-state index in [1.165, 1.54) is 23.0 Å². The minimum Gasteiger partial charge on any atom is -0.364 e. The molecule has 2 aliphatic heterocycles. The lowest BCUT2D eigenvalue weighted by molar-refractivity contribution is -0.122. The van der Waals surface area contributed by atoms with Gasteiger partial charge in [0.1, 0.15) is 0 Å². The van der Waals surface area contributed by atoms with Crippen molar-refractivity contribution in [2.75, 3.05) is 11.4 Å². The highest BCUT2D eigenvalue weighted by Crippen LogP contribution is 2.45. The van der Waals surface area contributed by atoms with Gasteiger partial charge in [0.15, 0.2) is 5.17 Å². The first kappa shape index (κ1) is 22.7. The Kier molecular flexibility index (Phi) is 6.22. The molecule has 2 aliphatic rings. The largest absolute Gasteiger partial charge is 0.364 e. The van der Waals surface area contributed by atoms with Crippen LogP contribution in [0.5, 0.6) is 0 Å². The summed E-state index contributed by atoms with van der Waals surface area (Å²) in [6.45, 7) is 14.1. The van der Waals surface area contributed by atoms with Crippen molar-refractivity contribution >= 4 is 40.3 Å². The lowest BCUT2D eigenvalue weighted by atomic mass is 9.79. The van der Waals surface area contributed by atoms with Crippen LogP contribution < -0.4 is 4.90 Å². The zero-order valence-corrected chi connectivity index (χ0v) is 20.7. The van der Waals surface area contributed by atoms with Gasteiger partial charge in [-0.05, 0) is 100 Å². The van der Waals surface area contributed by atoms with Crippen LogP contribution in [0.4, 0.5) is 11.4 Å². The molecule has 1 saturated heterocycles. The van der Waals surface area contributed by atoms with Crippen molar-refractivity contribution in [3.05, 3.63) is 64.6 Å². The molecular formula is C27H33N3OS. The van der Waals surface area contributed by atoms with Gasteiger partial charge in [-0.15, -0.1) is 0 Å². The number of likely N-dealkylation sites (N-methyl/N-ethyl adjacent to an activating group) is 1. The van der Waals surface area contributed by atoms with E-state index >= 15 is 0 Å². The number of hydrogen-bond acceptors (Lipinski definition) is 4. The molecule has 0 aliphatic carbocycles. The van der Waals surface area contributed by atoms with Crippen LogP contribution >= 0.6 is 11.8 Å².